The van der Waals surface area contributed by atoms with Crippen LogP contribution in [0.2, 0.25) is 5.02 Å². The normalized spacial score (nSPS) is 25.2. The zero-order chi connectivity index (χ0) is 14.6. The number of piperidine rings is 1. The van der Waals surface area contributed by atoms with E-state index in [0.717, 1.165) is 17.8 Å². The molecule has 1 N–H and O–H groups in total. The molecule has 1 aromatic carbocycles. The Morgan fingerprint density at radius 3 is 3.14 bits per heavy atom. The molecule has 1 saturated carbocycles. The minimum atomic E-state index is -0.517. The first kappa shape index (κ1) is 13.0. The van der Waals surface area contributed by atoms with E-state index in [2.05, 4.69) is 10.2 Å². The predicted octanol–water partition coefficient (Wildman–Crippen LogP) is 3.09. The molecule has 4 rings (SSSR count). The van der Waals surface area contributed by atoms with Gasteiger partial charge in [0.1, 0.15) is 5.84 Å². The Kier molecular flexibility index (Phi) is 2.85. The Balaban J connectivity index is 1.72. The first-order valence-corrected chi connectivity index (χ1v) is 7.61. The van der Waals surface area contributed by atoms with Crippen molar-refractivity contribution in [3.8, 4) is 5.75 Å². The van der Waals surface area contributed by atoms with Gasteiger partial charge in [-0.15, -0.1) is 0 Å². The molecule has 2 atom stereocenters. The zero-order valence-electron chi connectivity index (χ0n) is 11.7. The lowest BCUT2D eigenvalue weighted by molar-refractivity contribution is 0.203. The molecule has 3 aliphatic rings. The highest BCUT2D eigenvalue weighted by molar-refractivity contribution is 6.33. The smallest absolute Gasteiger partial charge is 0.409 e. The highest BCUT2D eigenvalue weighted by Gasteiger charge is 2.44. The zero-order valence-corrected chi connectivity index (χ0v) is 12.5. The Morgan fingerprint density at radius 1 is 1.48 bits per heavy atom. The second kappa shape index (κ2) is 4.63. The average molecular weight is 306 g/mol. The minimum Gasteiger partial charge on any atom is -0.409 e. The van der Waals surface area contributed by atoms with Crippen LogP contribution in [-0.4, -0.2) is 29.9 Å². The van der Waals surface area contributed by atoms with Crippen LogP contribution in [0.4, 0.5) is 10.5 Å². The van der Waals surface area contributed by atoms with Crippen LogP contribution in [0.25, 0.3) is 0 Å². The molecule has 1 aromatic rings. The van der Waals surface area contributed by atoms with Crippen molar-refractivity contribution in [2.24, 2.45) is 10.9 Å². The number of amidine groups is 1. The minimum absolute atomic E-state index is 0.387. The third kappa shape index (κ3) is 1.91. The second-order valence-corrected chi connectivity index (χ2v) is 6.15. The number of hydrogen-bond acceptors (Lipinski definition) is 4. The predicted molar refractivity (Wildman–Crippen MR) is 80.3 cm³/mol. The largest absolute Gasteiger partial charge is 0.412 e. The molecule has 1 aliphatic carbocycles. The molecule has 1 saturated heterocycles. The number of carbonyl (C=O) groups is 1. The fourth-order valence-corrected chi connectivity index (χ4v) is 3.89. The molecule has 21 heavy (non-hydrogen) atoms. The SMILES string of the molecule is CNC(=O)Oc1ccc2c(c1Cl)CN1C(=N2)C2CCC1C2. The highest BCUT2D eigenvalue weighted by Crippen LogP contribution is 2.46. The third-order valence-corrected chi connectivity index (χ3v) is 5.07. The standard InChI is InChI=1S/C15H16ClN3O2/c1-17-15(20)21-12-5-4-11-10(13(12)16)7-19-9-3-2-8(6-9)14(19)18-11/h4-5,8-9H,2-3,6-7H2,1H3,(H,17,20). The van der Waals surface area contributed by atoms with Crippen molar-refractivity contribution < 1.29 is 9.53 Å². The number of carbonyl (C=O) groups excluding carboxylic acids is 1. The van der Waals surface area contributed by atoms with Gasteiger partial charge < -0.3 is 15.0 Å². The number of benzene rings is 1. The maximum Gasteiger partial charge on any atom is 0.412 e. The Bertz CT molecular complexity index is 659. The van der Waals surface area contributed by atoms with Gasteiger partial charge in [-0.05, 0) is 31.4 Å². The van der Waals surface area contributed by atoms with Gasteiger partial charge in [-0.3, -0.25) is 0 Å². The second-order valence-electron chi connectivity index (χ2n) is 5.78. The molecule has 0 radical (unpaired) electrons. The lowest BCUT2D eigenvalue weighted by Gasteiger charge is -2.34. The average Bonchev–Trinajstić information content (AvgIpc) is 3.10. The maximum absolute atomic E-state index is 11.4. The van der Waals surface area contributed by atoms with Crippen LogP contribution in [0.5, 0.6) is 5.75 Å². The summed E-state index contributed by atoms with van der Waals surface area (Å²) in [7, 11) is 1.52. The molecule has 110 valence electrons. The number of fused-ring (bicyclic) bond motifs is 6. The molecular weight excluding hydrogens is 290 g/mol. The van der Waals surface area contributed by atoms with Crippen molar-refractivity contribution in [1.29, 1.82) is 0 Å². The van der Waals surface area contributed by atoms with E-state index < -0.39 is 6.09 Å². The molecule has 2 bridgehead atoms. The number of rotatable bonds is 1. The fraction of sp³-hybridized carbons (Fsp3) is 0.467. The number of nitrogens with zero attached hydrogens (tertiary/aromatic N) is 2. The van der Waals surface area contributed by atoms with Crippen LogP contribution in [0, 0.1) is 5.92 Å². The number of nitrogens with one attached hydrogen (secondary N) is 1. The van der Waals surface area contributed by atoms with Gasteiger partial charge in [0.05, 0.1) is 10.7 Å². The summed E-state index contributed by atoms with van der Waals surface area (Å²) in [6.45, 7) is 0.763. The summed E-state index contributed by atoms with van der Waals surface area (Å²) in [6, 6.07) is 4.19. The van der Waals surface area contributed by atoms with Crippen LogP contribution < -0.4 is 10.1 Å². The number of ether oxygens (including phenoxy) is 1. The van der Waals surface area contributed by atoms with E-state index in [-0.39, 0.29) is 0 Å². The van der Waals surface area contributed by atoms with Crippen molar-refractivity contribution in [3.05, 3.63) is 22.7 Å². The van der Waals surface area contributed by atoms with Gasteiger partial charge in [0.15, 0.2) is 5.75 Å². The first-order valence-electron chi connectivity index (χ1n) is 7.23. The Hall–Kier alpha value is -1.75. The third-order valence-electron chi connectivity index (χ3n) is 4.66. The first-order chi connectivity index (χ1) is 10.2. The monoisotopic (exact) mass is 305 g/mol. The number of aliphatic imine (C=N–C) groups is 1. The topological polar surface area (TPSA) is 53.9 Å². The summed E-state index contributed by atoms with van der Waals surface area (Å²) in [5.74, 6) is 2.22. The van der Waals surface area contributed by atoms with Gasteiger partial charge in [-0.1, -0.05) is 11.6 Å². The molecule has 2 heterocycles. The quantitative estimate of drug-likeness (QED) is 0.867. The van der Waals surface area contributed by atoms with E-state index in [1.165, 1.54) is 32.1 Å². The van der Waals surface area contributed by atoms with E-state index in [4.69, 9.17) is 21.3 Å². The fourth-order valence-electron chi connectivity index (χ4n) is 3.63. The molecule has 5 nitrogen and oxygen atoms in total. The van der Waals surface area contributed by atoms with Gasteiger partial charge in [-0.25, -0.2) is 9.79 Å². The van der Waals surface area contributed by atoms with Crippen molar-refractivity contribution in [3.63, 3.8) is 0 Å². The number of hydrogen-bond donors (Lipinski definition) is 1. The van der Waals surface area contributed by atoms with Crippen molar-refractivity contribution in [2.75, 3.05) is 7.05 Å². The molecule has 1 amide bonds. The lowest BCUT2D eigenvalue weighted by atomic mass is 10.0. The van der Waals surface area contributed by atoms with Crippen molar-refractivity contribution in [1.82, 2.24) is 10.2 Å². The summed E-state index contributed by atoms with van der Waals surface area (Å²) in [5.41, 5.74) is 1.86. The van der Waals surface area contributed by atoms with Gasteiger partial charge in [-0.2, -0.15) is 0 Å². The Morgan fingerprint density at radius 2 is 2.33 bits per heavy atom. The van der Waals surface area contributed by atoms with Crippen molar-refractivity contribution in [2.45, 2.75) is 31.8 Å². The molecule has 2 unspecified atom stereocenters. The molecule has 6 heteroatoms. The van der Waals surface area contributed by atoms with Gasteiger partial charge >= 0.3 is 6.09 Å². The van der Waals surface area contributed by atoms with Crippen molar-refractivity contribution >= 4 is 29.2 Å². The summed E-state index contributed by atoms with van der Waals surface area (Å²) in [6.07, 6.45) is 3.19. The van der Waals surface area contributed by atoms with E-state index >= 15 is 0 Å². The maximum atomic E-state index is 11.4. The van der Waals surface area contributed by atoms with E-state index in [1.807, 2.05) is 6.07 Å². The van der Waals surface area contributed by atoms with Crippen LogP contribution in [0.15, 0.2) is 17.1 Å². The lowest BCUT2D eigenvalue weighted by Crippen LogP contribution is -2.38. The number of halogens is 1. The Labute approximate surface area is 127 Å². The molecular formula is C15H16ClN3O2. The summed E-state index contributed by atoms with van der Waals surface area (Å²) < 4.78 is 5.18. The molecule has 2 aliphatic heterocycles. The molecule has 0 spiro atoms. The highest BCUT2D eigenvalue weighted by atomic mass is 35.5. The molecule has 0 aromatic heterocycles. The van der Waals surface area contributed by atoms with Crippen LogP contribution in [0.3, 0.4) is 0 Å². The van der Waals surface area contributed by atoms with Crippen LogP contribution in [0.1, 0.15) is 24.8 Å². The van der Waals surface area contributed by atoms with E-state index in [0.29, 0.717) is 22.7 Å². The summed E-state index contributed by atoms with van der Waals surface area (Å²) in [5, 5.41) is 2.91. The van der Waals surface area contributed by atoms with Gasteiger partial charge in [0, 0.05) is 31.1 Å². The summed E-state index contributed by atoms with van der Waals surface area (Å²) in [4.78, 5) is 18.5. The van der Waals surface area contributed by atoms with Crippen LogP contribution >= 0.6 is 11.6 Å². The van der Waals surface area contributed by atoms with Crippen LogP contribution in [-0.2, 0) is 6.54 Å². The van der Waals surface area contributed by atoms with Gasteiger partial charge in [0.25, 0.3) is 0 Å². The van der Waals surface area contributed by atoms with E-state index in [9.17, 15) is 4.79 Å². The summed E-state index contributed by atoms with van der Waals surface area (Å²) >= 11 is 6.42. The molecule has 2 fully saturated rings. The number of amides is 1. The van der Waals surface area contributed by atoms with Gasteiger partial charge in [0.2, 0.25) is 0 Å². The van der Waals surface area contributed by atoms with E-state index in [1.54, 1.807) is 6.07 Å².